The second-order valence-corrected chi connectivity index (χ2v) is 3.84. The van der Waals surface area contributed by atoms with E-state index in [9.17, 15) is 0 Å². The average Bonchev–Trinajstić information content (AvgIpc) is 2.17. The van der Waals surface area contributed by atoms with Crippen molar-refractivity contribution in [2.45, 2.75) is 38.1 Å². The first kappa shape index (κ1) is 9.92. The molecule has 4 nitrogen and oxygen atoms in total. The average molecular weight is 174 g/mol. The quantitative estimate of drug-likeness (QED) is 0.404. The Labute approximate surface area is 72.6 Å². The lowest BCUT2D eigenvalue weighted by molar-refractivity contribution is -0.0568. The third-order valence-corrected chi connectivity index (χ3v) is 2.83. The molecule has 0 saturated heterocycles. The molecular formula is C8H18N2O2. The van der Waals surface area contributed by atoms with Gasteiger partial charge in [-0.05, 0) is 18.3 Å². The molecule has 4 unspecified atom stereocenters. The van der Waals surface area contributed by atoms with Crippen LogP contribution in [0.25, 0.3) is 0 Å². The van der Waals surface area contributed by atoms with Crippen LogP contribution in [0.2, 0.25) is 0 Å². The molecule has 6 N–H and O–H groups in total. The topological polar surface area (TPSA) is 92.5 Å². The van der Waals surface area contributed by atoms with Gasteiger partial charge in [0.25, 0.3) is 0 Å². The van der Waals surface area contributed by atoms with Crippen molar-refractivity contribution in [3.8, 4) is 0 Å². The molecule has 72 valence electrons. The molecule has 4 atom stereocenters. The van der Waals surface area contributed by atoms with Crippen molar-refractivity contribution in [2.24, 2.45) is 23.3 Å². The Balaban J connectivity index is 2.47. The van der Waals surface area contributed by atoms with Crippen LogP contribution in [-0.2, 0) is 0 Å². The fourth-order valence-corrected chi connectivity index (χ4v) is 2.01. The van der Waals surface area contributed by atoms with E-state index in [2.05, 4.69) is 0 Å². The Morgan fingerprint density at radius 2 is 1.92 bits per heavy atom. The van der Waals surface area contributed by atoms with Crippen LogP contribution in [0.5, 0.6) is 0 Å². The second kappa shape index (κ2) is 3.70. The van der Waals surface area contributed by atoms with Crippen molar-refractivity contribution >= 4 is 0 Å². The van der Waals surface area contributed by atoms with Gasteiger partial charge in [0, 0.05) is 18.5 Å². The summed E-state index contributed by atoms with van der Waals surface area (Å²) >= 11 is 0. The van der Waals surface area contributed by atoms with Crippen molar-refractivity contribution < 1.29 is 10.2 Å². The van der Waals surface area contributed by atoms with Gasteiger partial charge in [0.15, 0.2) is 6.29 Å². The predicted octanol–water partition coefficient (Wildman–Crippen LogP) is -1.00. The second-order valence-electron chi connectivity index (χ2n) is 3.84. The van der Waals surface area contributed by atoms with Crippen molar-refractivity contribution in [1.29, 1.82) is 0 Å². The highest BCUT2D eigenvalue weighted by Crippen LogP contribution is 2.31. The molecule has 1 aliphatic carbocycles. The fraction of sp³-hybridized carbons (Fsp3) is 1.00. The van der Waals surface area contributed by atoms with Gasteiger partial charge in [0.1, 0.15) is 0 Å². The monoisotopic (exact) mass is 174 g/mol. The van der Waals surface area contributed by atoms with Gasteiger partial charge in [-0.25, -0.2) is 0 Å². The summed E-state index contributed by atoms with van der Waals surface area (Å²) in [7, 11) is 0. The van der Waals surface area contributed by atoms with Crippen LogP contribution in [-0.4, -0.2) is 28.6 Å². The van der Waals surface area contributed by atoms with E-state index < -0.39 is 6.29 Å². The van der Waals surface area contributed by atoms with Gasteiger partial charge < -0.3 is 21.7 Å². The Morgan fingerprint density at radius 1 is 1.33 bits per heavy atom. The summed E-state index contributed by atoms with van der Waals surface area (Å²) in [5, 5.41) is 17.5. The van der Waals surface area contributed by atoms with Gasteiger partial charge in [0.2, 0.25) is 0 Å². The maximum absolute atomic E-state index is 8.76. The van der Waals surface area contributed by atoms with Crippen molar-refractivity contribution in [2.75, 3.05) is 0 Å². The van der Waals surface area contributed by atoms with Crippen molar-refractivity contribution in [3.63, 3.8) is 0 Å². The normalized spacial score (nSPS) is 42.5. The first-order valence-corrected chi connectivity index (χ1v) is 4.39. The van der Waals surface area contributed by atoms with Gasteiger partial charge in [-0.3, -0.25) is 0 Å². The lowest BCUT2D eigenvalue weighted by atomic mass is 9.99. The van der Waals surface area contributed by atoms with E-state index in [0.29, 0.717) is 12.3 Å². The molecule has 1 saturated carbocycles. The highest BCUT2D eigenvalue weighted by atomic mass is 16.5. The van der Waals surface area contributed by atoms with E-state index in [1.807, 2.05) is 6.92 Å². The lowest BCUT2D eigenvalue weighted by Crippen LogP contribution is -2.43. The maximum Gasteiger partial charge on any atom is 0.151 e. The molecule has 4 heteroatoms. The summed E-state index contributed by atoms with van der Waals surface area (Å²) in [6, 6.07) is -0.0736. The van der Waals surface area contributed by atoms with E-state index >= 15 is 0 Å². The first-order chi connectivity index (χ1) is 5.52. The molecule has 0 aromatic carbocycles. The molecule has 0 amide bonds. The van der Waals surface area contributed by atoms with Crippen molar-refractivity contribution in [3.05, 3.63) is 0 Å². The Kier molecular flexibility index (Phi) is 3.06. The third-order valence-electron chi connectivity index (χ3n) is 2.83. The highest BCUT2D eigenvalue weighted by molar-refractivity contribution is 4.94. The zero-order valence-corrected chi connectivity index (χ0v) is 7.35. The fourth-order valence-electron chi connectivity index (χ4n) is 2.01. The van der Waals surface area contributed by atoms with Crippen molar-refractivity contribution in [1.82, 2.24) is 0 Å². The summed E-state index contributed by atoms with van der Waals surface area (Å²) in [4.78, 5) is 0. The number of hydrogen-bond donors (Lipinski definition) is 4. The molecule has 0 bridgehead atoms. The third kappa shape index (κ3) is 1.95. The summed E-state index contributed by atoms with van der Waals surface area (Å²) in [5.74, 6) is 0.554. The number of rotatable bonds is 2. The molecule has 1 aliphatic rings. The molecule has 0 aliphatic heterocycles. The number of nitrogens with two attached hydrogens (primary N) is 2. The molecule has 0 heterocycles. The van der Waals surface area contributed by atoms with Gasteiger partial charge in [0.05, 0.1) is 0 Å². The molecule has 1 fully saturated rings. The summed E-state index contributed by atoms with van der Waals surface area (Å²) < 4.78 is 0. The summed E-state index contributed by atoms with van der Waals surface area (Å²) in [5.41, 5.74) is 11.6. The van der Waals surface area contributed by atoms with Crippen LogP contribution in [0.15, 0.2) is 0 Å². The minimum absolute atomic E-state index is 0.00810. The largest absolute Gasteiger partial charge is 0.368 e. The molecule has 1 rings (SSSR count). The summed E-state index contributed by atoms with van der Waals surface area (Å²) in [6.07, 6.45) is -0.00218. The molecular weight excluding hydrogens is 156 g/mol. The van der Waals surface area contributed by atoms with Crippen LogP contribution in [0.4, 0.5) is 0 Å². The van der Waals surface area contributed by atoms with Gasteiger partial charge in [-0.1, -0.05) is 6.92 Å². The van der Waals surface area contributed by atoms with Gasteiger partial charge in [-0.2, -0.15) is 0 Å². The number of aliphatic hydroxyl groups is 2. The van der Waals surface area contributed by atoms with Crippen LogP contribution < -0.4 is 11.5 Å². The summed E-state index contributed by atoms with van der Waals surface area (Å²) in [6.45, 7) is 2.05. The van der Waals surface area contributed by atoms with Gasteiger partial charge >= 0.3 is 0 Å². The molecule has 0 spiro atoms. The van der Waals surface area contributed by atoms with E-state index in [1.54, 1.807) is 0 Å². The van der Waals surface area contributed by atoms with E-state index in [0.717, 1.165) is 6.42 Å². The van der Waals surface area contributed by atoms with Crippen LogP contribution in [0, 0.1) is 11.8 Å². The minimum Gasteiger partial charge on any atom is -0.368 e. The zero-order valence-electron chi connectivity index (χ0n) is 7.35. The number of aliphatic hydroxyl groups excluding tert-OH is 1. The standard InChI is InChI=1S/C8H18N2O2/c1-4-2-5(3-6(11)12)8(10)7(4)9/h4-8,11-12H,2-3,9-10H2,1H3. The minimum atomic E-state index is -1.25. The first-order valence-electron chi connectivity index (χ1n) is 4.39. The van der Waals surface area contributed by atoms with Crippen LogP contribution >= 0.6 is 0 Å². The zero-order chi connectivity index (χ0) is 9.30. The van der Waals surface area contributed by atoms with Gasteiger partial charge in [-0.15, -0.1) is 0 Å². The molecule has 0 aromatic rings. The molecule has 0 radical (unpaired) electrons. The predicted molar refractivity (Wildman–Crippen MR) is 46.1 cm³/mol. The molecule has 12 heavy (non-hydrogen) atoms. The van der Waals surface area contributed by atoms with Crippen LogP contribution in [0.1, 0.15) is 19.8 Å². The SMILES string of the molecule is CC1CC(CC(O)O)C(N)C1N. The van der Waals surface area contributed by atoms with E-state index in [1.165, 1.54) is 0 Å². The Hall–Kier alpha value is -0.160. The lowest BCUT2D eigenvalue weighted by Gasteiger charge is -2.18. The highest BCUT2D eigenvalue weighted by Gasteiger charge is 2.36. The van der Waals surface area contributed by atoms with Crippen LogP contribution in [0.3, 0.4) is 0 Å². The molecule has 0 aromatic heterocycles. The Bertz CT molecular complexity index is 150. The number of hydrogen-bond acceptors (Lipinski definition) is 4. The maximum atomic E-state index is 8.76. The smallest absolute Gasteiger partial charge is 0.151 e. The van der Waals surface area contributed by atoms with E-state index in [-0.39, 0.29) is 18.0 Å². The van der Waals surface area contributed by atoms with E-state index in [4.69, 9.17) is 21.7 Å². The Morgan fingerprint density at radius 3 is 2.25 bits per heavy atom.